The first kappa shape index (κ1) is 15.3. The van der Waals surface area contributed by atoms with Crippen LogP contribution in [0.25, 0.3) is 11.0 Å². The highest BCUT2D eigenvalue weighted by Crippen LogP contribution is 2.26. The lowest BCUT2D eigenvalue weighted by Crippen LogP contribution is -2.15. The highest BCUT2D eigenvalue weighted by Gasteiger charge is 2.29. The van der Waals surface area contributed by atoms with Crippen molar-refractivity contribution in [1.82, 2.24) is 9.55 Å². The molecule has 7 heteroatoms. The number of nitrogens with zero attached hydrogens (tertiary/aromatic N) is 2. The Bertz CT molecular complexity index is 773. The molecule has 1 aromatic carbocycles. The van der Waals surface area contributed by atoms with Crippen LogP contribution in [0.1, 0.15) is 12.2 Å². The molecule has 4 nitrogen and oxygen atoms in total. The van der Waals surface area contributed by atoms with Crippen molar-refractivity contribution >= 4 is 48.4 Å². The minimum absolute atomic E-state index is 0.167. The van der Waals surface area contributed by atoms with Crippen LogP contribution in [-0.2, 0) is 22.8 Å². The quantitative estimate of drug-likeness (QED) is 0.753. The van der Waals surface area contributed by atoms with Gasteiger partial charge in [-0.3, -0.25) is 0 Å². The summed E-state index contributed by atoms with van der Waals surface area (Å²) in [5, 5.41) is 0. The van der Waals surface area contributed by atoms with E-state index in [-0.39, 0.29) is 11.7 Å². The Kier molecular flexibility index (Phi) is 4.30. The van der Waals surface area contributed by atoms with E-state index >= 15 is 0 Å². The molecular formula is C14H16BrClN2O2S. The standard InChI is InChI=1S/C14H16BrClN2O2S/c15-11-1-2-12-13(7-11)18(14(17-12)3-5-16)8-10-4-6-21(19,20)9-10/h1-2,7,10H,3-6,8-9H2. The Morgan fingerprint density at radius 2 is 2.24 bits per heavy atom. The number of aromatic nitrogens is 2. The van der Waals surface area contributed by atoms with E-state index in [4.69, 9.17) is 11.6 Å². The number of fused-ring (bicyclic) bond motifs is 1. The minimum atomic E-state index is -2.85. The summed E-state index contributed by atoms with van der Waals surface area (Å²) in [6, 6.07) is 5.97. The van der Waals surface area contributed by atoms with Crippen molar-refractivity contribution in [3.05, 3.63) is 28.5 Å². The molecule has 0 aliphatic carbocycles. The van der Waals surface area contributed by atoms with Crippen molar-refractivity contribution in [2.75, 3.05) is 17.4 Å². The summed E-state index contributed by atoms with van der Waals surface area (Å²) in [5.41, 5.74) is 1.97. The normalized spacial score (nSPS) is 21.1. The highest BCUT2D eigenvalue weighted by atomic mass is 79.9. The van der Waals surface area contributed by atoms with Gasteiger partial charge in [-0.25, -0.2) is 13.4 Å². The maximum Gasteiger partial charge on any atom is 0.150 e. The molecule has 0 amide bonds. The summed E-state index contributed by atoms with van der Waals surface area (Å²) >= 11 is 9.35. The molecule has 0 spiro atoms. The van der Waals surface area contributed by atoms with Gasteiger partial charge in [0, 0.05) is 23.3 Å². The van der Waals surface area contributed by atoms with Gasteiger partial charge in [-0.1, -0.05) is 15.9 Å². The predicted molar refractivity (Wildman–Crippen MR) is 88.6 cm³/mol. The first-order chi connectivity index (χ1) is 9.98. The molecule has 2 aromatic rings. The third kappa shape index (κ3) is 3.27. The van der Waals surface area contributed by atoms with E-state index in [0.717, 1.165) is 27.8 Å². The van der Waals surface area contributed by atoms with Crippen molar-refractivity contribution in [1.29, 1.82) is 0 Å². The fourth-order valence-corrected chi connectivity index (χ4v) is 5.27. The Labute approximate surface area is 137 Å². The van der Waals surface area contributed by atoms with E-state index in [1.165, 1.54) is 0 Å². The lowest BCUT2D eigenvalue weighted by Gasteiger charge is -2.13. The summed E-state index contributed by atoms with van der Waals surface area (Å²) < 4.78 is 26.4. The largest absolute Gasteiger partial charge is 0.328 e. The molecule has 1 saturated heterocycles. The van der Waals surface area contributed by atoms with Crippen molar-refractivity contribution in [2.45, 2.75) is 19.4 Å². The minimum Gasteiger partial charge on any atom is -0.328 e. The first-order valence-corrected chi connectivity index (χ1v) is 10.0. The molecule has 3 rings (SSSR count). The third-order valence-electron chi connectivity index (χ3n) is 3.87. The molecule has 2 heterocycles. The predicted octanol–water partition coefficient (Wildman–Crippen LogP) is 3.01. The summed E-state index contributed by atoms with van der Waals surface area (Å²) in [6.07, 6.45) is 1.42. The second-order valence-electron chi connectivity index (χ2n) is 5.48. The van der Waals surface area contributed by atoms with Gasteiger partial charge in [0.25, 0.3) is 0 Å². The molecule has 0 saturated carbocycles. The number of benzene rings is 1. The maximum atomic E-state index is 11.6. The average Bonchev–Trinajstić information content (AvgIpc) is 2.92. The second-order valence-corrected chi connectivity index (χ2v) is 9.00. The van der Waals surface area contributed by atoms with Crippen molar-refractivity contribution in [2.24, 2.45) is 5.92 Å². The van der Waals surface area contributed by atoms with Crippen LogP contribution < -0.4 is 0 Å². The van der Waals surface area contributed by atoms with Gasteiger partial charge in [0.1, 0.15) is 5.82 Å². The lowest BCUT2D eigenvalue weighted by molar-refractivity contribution is 0.488. The Balaban J connectivity index is 1.98. The van der Waals surface area contributed by atoms with Gasteiger partial charge in [0.2, 0.25) is 0 Å². The van der Waals surface area contributed by atoms with Crippen LogP contribution in [0.5, 0.6) is 0 Å². The van der Waals surface area contributed by atoms with E-state index in [1.807, 2.05) is 18.2 Å². The second kappa shape index (κ2) is 5.89. The van der Waals surface area contributed by atoms with Crippen molar-refractivity contribution in [3.8, 4) is 0 Å². The maximum absolute atomic E-state index is 11.6. The van der Waals surface area contributed by atoms with Gasteiger partial charge in [0.15, 0.2) is 9.84 Å². The number of hydrogen-bond acceptors (Lipinski definition) is 3. The summed E-state index contributed by atoms with van der Waals surface area (Å²) in [6.45, 7) is 0.693. The summed E-state index contributed by atoms with van der Waals surface area (Å²) in [4.78, 5) is 4.63. The van der Waals surface area contributed by atoms with Gasteiger partial charge < -0.3 is 4.57 Å². The van der Waals surface area contributed by atoms with E-state index in [2.05, 4.69) is 25.5 Å². The van der Waals surface area contributed by atoms with Gasteiger partial charge in [-0.2, -0.15) is 0 Å². The number of hydrogen-bond donors (Lipinski definition) is 0. The Morgan fingerprint density at radius 1 is 1.43 bits per heavy atom. The molecule has 1 fully saturated rings. The molecule has 1 atom stereocenters. The van der Waals surface area contributed by atoms with Crippen LogP contribution >= 0.6 is 27.5 Å². The molecule has 21 heavy (non-hydrogen) atoms. The number of rotatable bonds is 4. The fraction of sp³-hybridized carbons (Fsp3) is 0.500. The first-order valence-electron chi connectivity index (χ1n) is 6.89. The van der Waals surface area contributed by atoms with Gasteiger partial charge in [-0.15, -0.1) is 11.6 Å². The number of sulfone groups is 1. The van der Waals surface area contributed by atoms with E-state index in [0.29, 0.717) is 24.6 Å². The summed E-state index contributed by atoms with van der Waals surface area (Å²) in [5.74, 6) is 2.19. The van der Waals surface area contributed by atoms with E-state index in [1.54, 1.807) is 0 Å². The number of halogens is 2. The van der Waals surface area contributed by atoms with E-state index < -0.39 is 9.84 Å². The molecule has 114 valence electrons. The number of imidazole rings is 1. The monoisotopic (exact) mass is 390 g/mol. The number of alkyl halides is 1. The topological polar surface area (TPSA) is 52.0 Å². The fourth-order valence-electron chi connectivity index (χ4n) is 2.90. The average molecular weight is 392 g/mol. The number of aryl methyl sites for hydroxylation is 1. The SMILES string of the molecule is O=S1(=O)CCC(Cn2c(CCCl)nc3ccc(Br)cc32)C1. The molecule has 0 bridgehead atoms. The van der Waals surface area contributed by atoms with Crippen LogP contribution in [-0.4, -0.2) is 35.4 Å². The van der Waals surface area contributed by atoms with Gasteiger partial charge in [0.05, 0.1) is 22.5 Å². The van der Waals surface area contributed by atoms with Crippen LogP contribution in [0.3, 0.4) is 0 Å². The Morgan fingerprint density at radius 3 is 2.90 bits per heavy atom. The highest BCUT2D eigenvalue weighted by molar-refractivity contribution is 9.10. The van der Waals surface area contributed by atoms with Crippen molar-refractivity contribution in [3.63, 3.8) is 0 Å². The van der Waals surface area contributed by atoms with E-state index in [9.17, 15) is 8.42 Å². The van der Waals surface area contributed by atoms with Crippen molar-refractivity contribution < 1.29 is 8.42 Å². The summed E-state index contributed by atoms with van der Waals surface area (Å²) in [7, 11) is -2.85. The Hall–Kier alpha value is -0.590. The molecule has 0 N–H and O–H groups in total. The molecule has 1 aliphatic heterocycles. The van der Waals surface area contributed by atoms with Crippen LogP contribution in [0.4, 0.5) is 0 Å². The van der Waals surface area contributed by atoms with Gasteiger partial charge >= 0.3 is 0 Å². The van der Waals surface area contributed by atoms with Crippen LogP contribution in [0, 0.1) is 5.92 Å². The third-order valence-corrected chi connectivity index (χ3v) is 6.39. The zero-order valence-corrected chi connectivity index (χ0v) is 14.6. The molecule has 1 aromatic heterocycles. The zero-order valence-electron chi connectivity index (χ0n) is 11.4. The molecule has 0 radical (unpaired) electrons. The molecule has 1 unspecified atom stereocenters. The molecular weight excluding hydrogens is 376 g/mol. The van der Waals surface area contributed by atoms with Crippen LogP contribution in [0.2, 0.25) is 0 Å². The zero-order chi connectivity index (χ0) is 15.0. The van der Waals surface area contributed by atoms with Crippen LogP contribution in [0.15, 0.2) is 22.7 Å². The lowest BCUT2D eigenvalue weighted by atomic mass is 10.1. The smallest absolute Gasteiger partial charge is 0.150 e. The molecule has 1 aliphatic rings. The van der Waals surface area contributed by atoms with Gasteiger partial charge in [-0.05, 0) is 30.5 Å².